The third-order valence-corrected chi connectivity index (χ3v) is 3.98. The van der Waals surface area contributed by atoms with Gasteiger partial charge in [-0.1, -0.05) is 0 Å². The second kappa shape index (κ2) is 5.46. The highest BCUT2D eigenvalue weighted by molar-refractivity contribution is 9.10. The summed E-state index contributed by atoms with van der Waals surface area (Å²) >= 11 is 3.22. The van der Waals surface area contributed by atoms with Crippen LogP contribution in [0.15, 0.2) is 16.6 Å². The Bertz CT molecular complexity index is 401. The van der Waals surface area contributed by atoms with Gasteiger partial charge in [0, 0.05) is 32.7 Å². The number of piperazine rings is 1. The second-order valence-corrected chi connectivity index (χ2v) is 5.63. The highest BCUT2D eigenvalue weighted by Gasteiger charge is 2.15. The van der Waals surface area contributed by atoms with E-state index in [9.17, 15) is 4.39 Å². The van der Waals surface area contributed by atoms with Gasteiger partial charge < -0.3 is 4.90 Å². The standard InChI is InChI=1S/C13H18BrFN2/c1-10-7-12(14)13(15)8-11(10)9-17-5-3-16(2)4-6-17/h7-8H,3-6,9H2,1-2H3. The summed E-state index contributed by atoms with van der Waals surface area (Å²) in [5, 5.41) is 0. The molecule has 0 amide bonds. The van der Waals surface area contributed by atoms with E-state index in [0.717, 1.165) is 43.9 Å². The smallest absolute Gasteiger partial charge is 0.137 e. The Kier molecular flexibility index (Phi) is 4.17. The van der Waals surface area contributed by atoms with Crippen LogP contribution in [0.3, 0.4) is 0 Å². The lowest BCUT2D eigenvalue weighted by atomic mass is 10.1. The third kappa shape index (κ3) is 3.27. The molecule has 0 aromatic heterocycles. The molecule has 0 bridgehead atoms. The number of likely N-dealkylation sites (N-methyl/N-ethyl adjacent to an activating group) is 1. The summed E-state index contributed by atoms with van der Waals surface area (Å²) in [6.45, 7) is 7.21. The van der Waals surface area contributed by atoms with E-state index in [0.29, 0.717) is 4.47 Å². The lowest BCUT2D eigenvalue weighted by Gasteiger charge is -2.32. The van der Waals surface area contributed by atoms with Crippen molar-refractivity contribution in [3.8, 4) is 0 Å². The van der Waals surface area contributed by atoms with Crippen molar-refractivity contribution in [3.05, 3.63) is 33.5 Å². The Hall–Kier alpha value is -0.450. The average Bonchev–Trinajstić information content (AvgIpc) is 2.29. The van der Waals surface area contributed by atoms with Gasteiger partial charge in [-0.25, -0.2) is 4.39 Å². The van der Waals surface area contributed by atoms with Crippen LogP contribution in [0.5, 0.6) is 0 Å². The Labute approximate surface area is 111 Å². The molecule has 2 rings (SSSR count). The maximum Gasteiger partial charge on any atom is 0.137 e. The molecular weight excluding hydrogens is 283 g/mol. The average molecular weight is 301 g/mol. The first-order valence-corrected chi connectivity index (χ1v) is 6.71. The molecule has 0 atom stereocenters. The molecule has 0 N–H and O–H groups in total. The molecule has 1 aliphatic rings. The van der Waals surface area contributed by atoms with Crippen LogP contribution in [0.25, 0.3) is 0 Å². The number of rotatable bonds is 2. The first-order chi connectivity index (χ1) is 8.06. The fourth-order valence-corrected chi connectivity index (χ4v) is 2.56. The van der Waals surface area contributed by atoms with E-state index < -0.39 is 0 Å². The largest absolute Gasteiger partial charge is 0.304 e. The van der Waals surface area contributed by atoms with E-state index in [1.54, 1.807) is 6.07 Å². The summed E-state index contributed by atoms with van der Waals surface area (Å²) in [5.74, 6) is -0.167. The Morgan fingerprint density at radius 2 is 1.88 bits per heavy atom. The molecule has 0 spiro atoms. The van der Waals surface area contributed by atoms with E-state index in [-0.39, 0.29) is 5.82 Å². The molecule has 2 nitrogen and oxygen atoms in total. The number of halogens is 2. The molecule has 17 heavy (non-hydrogen) atoms. The normalized spacial score (nSPS) is 18.6. The van der Waals surface area contributed by atoms with Crippen LogP contribution < -0.4 is 0 Å². The van der Waals surface area contributed by atoms with Gasteiger partial charge in [0.15, 0.2) is 0 Å². The molecule has 94 valence electrons. The van der Waals surface area contributed by atoms with Crippen LogP contribution in [-0.4, -0.2) is 43.0 Å². The van der Waals surface area contributed by atoms with Crippen molar-refractivity contribution in [2.75, 3.05) is 33.2 Å². The topological polar surface area (TPSA) is 6.48 Å². The quantitative estimate of drug-likeness (QED) is 0.828. The summed E-state index contributed by atoms with van der Waals surface area (Å²) in [6.07, 6.45) is 0. The number of nitrogens with zero attached hydrogens (tertiary/aromatic N) is 2. The fourth-order valence-electron chi connectivity index (χ4n) is 2.10. The Balaban J connectivity index is 2.06. The van der Waals surface area contributed by atoms with Crippen LogP contribution in [-0.2, 0) is 6.54 Å². The minimum atomic E-state index is -0.167. The maximum atomic E-state index is 13.5. The summed E-state index contributed by atoms with van der Waals surface area (Å²) in [5.41, 5.74) is 2.24. The van der Waals surface area contributed by atoms with E-state index in [1.165, 1.54) is 0 Å². The van der Waals surface area contributed by atoms with E-state index >= 15 is 0 Å². The van der Waals surface area contributed by atoms with Crippen molar-refractivity contribution in [2.45, 2.75) is 13.5 Å². The summed E-state index contributed by atoms with van der Waals surface area (Å²) in [4.78, 5) is 4.71. The van der Waals surface area contributed by atoms with Crippen LogP contribution in [0.1, 0.15) is 11.1 Å². The lowest BCUT2D eigenvalue weighted by Crippen LogP contribution is -2.43. The van der Waals surface area contributed by atoms with Crippen LogP contribution in [0.4, 0.5) is 4.39 Å². The first-order valence-electron chi connectivity index (χ1n) is 5.91. The van der Waals surface area contributed by atoms with E-state index in [1.807, 2.05) is 13.0 Å². The van der Waals surface area contributed by atoms with Crippen molar-refractivity contribution in [3.63, 3.8) is 0 Å². The van der Waals surface area contributed by atoms with Gasteiger partial charge in [0.05, 0.1) is 4.47 Å². The minimum Gasteiger partial charge on any atom is -0.304 e. The van der Waals surface area contributed by atoms with E-state index in [2.05, 4.69) is 32.8 Å². The van der Waals surface area contributed by atoms with Gasteiger partial charge >= 0.3 is 0 Å². The molecular formula is C13H18BrFN2. The second-order valence-electron chi connectivity index (χ2n) is 4.77. The fraction of sp³-hybridized carbons (Fsp3) is 0.538. The highest BCUT2D eigenvalue weighted by atomic mass is 79.9. The van der Waals surface area contributed by atoms with Gasteiger partial charge in [0.1, 0.15) is 5.82 Å². The van der Waals surface area contributed by atoms with Gasteiger partial charge in [-0.2, -0.15) is 0 Å². The SMILES string of the molecule is Cc1cc(Br)c(F)cc1CN1CCN(C)CC1. The summed E-state index contributed by atoms with van der Waals surface area (Å²) in [6, 6.07) is 3.51. The molecule has 0 saturated carbocycles. The molecule has 4 heteroatoms. The van der Waals surface area contributed by atoms with E-state index in [4.69, 9.17) is 0 Å². The Morgan fingerprint density at radius 1 is 1.24 bits per heavy atom. The van der Waals surface area contributed by atoms with Gasteiger partial charge in [-0.05, 0) is 53.2 Å². The Morgan fingerprint density at radius 3 is 2.53 bits per heavy atom. The molecule has 1 saturated heterocycles. The number of hydrogen-bond donors (Lipinski definition) is 0. The first kappa shape index (κ1) is 13.0. The zero-order valence-corrected chi connectivity index (χ0v) is 11.9. The number of benzene rings is 1. The highest BCUT2D eigenvalue weighted by Crippen LogP contribution is 2.21. The van der Waals surface area contributed by atoms with Gasteiger partial charge in [0.2, 0.25) is 0 Å². The number of hydrogen-bond acceptors (Lipinski definition) is 2. The zero-order valence-electron chi connectivity index (χ0n) is 10.3. The molecule has 0 aliphatic carbocycles. The molecule has 1 aromatic rings. The summed E-state index contributed by atoms with van der Waals surface area (Å²) in [7, 11) is 2.14. The third-order valence-electron chi connectivity index (χ3n) is 3.37. The van der Waals surface area contributed by atoms with Crippen molar-refractivity contribution >= 4 is 15.9 Å². The van der Waals surface area contributed by atoms with Gasteiger partial charge in [0.25, 0.3) is 0 Å². The van der Waals surface area contributed by atoms with Crippen molar-refractivity contribution < 1.29 is 4.39 Å². The van der Waals surface area contributed by atoms with Gasteiger partial charge in [-0.3, -0.25) is 4.90 Å². The van der Waals surface area contributed by atoms with Gasteiger partial charge in [-0.15, -0.1) is 0 Å². The van der Waals surface area contributed by atoms with Crippen molar-refractivity contribution in [2.24, 2.45) is 0 Å². The zero-order chi connectivity index (χ0) is 12.4. The predicted octanol–water partition coefficient (Wildman–Crippen LogP) is 2.64. The molecule has 1 fully saturated rings. The minimum absolute atomic E-state index is 0.167. The molecule has 1 aliphatic heterocycles. The monoisotopic (exact) mass is 300 g/mol. The molecule has 1 heterocycles. The van der Waals surface area contributed by atoms with Crippen LogP contribution in [0, 0.1) is 12.7 Å². The van der Waals surface area contributed by atoms with Crippen LogP contribution in [0.2, 0.25) is 0 Å². The van der Waals surface area contributed by atoms with Crippen molar-refractivity contribution in [1.29, 1.82) is 0 Å². The summed E-state index contributed by atoms with van der Waals surface area (Å²) < 4.78 is 14.1. The molecule has 1 aromatic carbocycles. The van der Waals surface area contributed by atoms with Crippen LogP contribution >= 0.6 is 15.9 Å². The molecule has 0 radical (unpaired) electrons. The maximum absolute atomic E-state index is 13.5. The molecule has 0 unspecified atom stereocenters. The predicted molar refractivity (Wildman–Crippen MR) is 71.6 cm³/mol. The number of aryl methyl sites for hydroxylation is 1. The lowest BCUT2D eigenvalue weighted by molar-refractivity contribution is 0.148. The van der Waals surface area contributed by atoms with Crippen molar-refractivity contribution in [1.82, 2.24) is 9.80 Å².